The molecule has 3 N–H and O–H groups in total. The average molecular weight is 387 g/mol. The first kappa shape index (κ1) is 17.4. The Morgan fingerprint density at radius 2 is 2.00 bits per heavy atom. The van der Waals surface area contributed by atoms with Crippen LogP contribution in [0.4, 0.5) is 0 Å². The number of hydrogen-bond acceptors (Lipinski definition) is 4. The number of aromatic carboxylic acids is 1. The fraction of sp³-hybridized carbons (Fsp3) is 0.364. The lowest BCUT2D eigenvalue weighted by Crippen LogP contribution is -2.25. The molecule has 0 saturated heterocycles. The third-order valence-electron chi connectivity index (χ3n) is 2.42. The minimum atomic E-state index is -3.82. The molecule has 0 aromatic heterocycles. The summed E-state index contributed by atoms with van der Waals surface area (Å²) in [7, 11) is -3.82. The number of unbranched alkanes of at least 4 members (excludes halogenated alkanes) is 1. The van der Waals surface area contributed by atoms with E-state index < -0.39 is 16.0 Å². The molecule has 9 heteroatoms. The molecule has 1 aromatic carbocycles. The van der Waals surface area contributed by atoms with Gasteiger partial charge in [0, 0.05) is 17.6 Å². The highest BCUT2D eigenvalue weighted by atomic mass is 79.9. The number of carbonyl (C=O) groups is 1. The van der Waals surface area contributed by atoms with E-state index in [-0.39, 0.29) is 33.1 Å². The lowest BCUT2D eigenvalue weighted by atomic mass is 10.2. The van der Waals surface area contributed by atoms with Crippen LogP contribution in [0.25, 0.3) is 0 Å². The Balaban J connectivity index is 3.04. The van der Waals surface area contributed by atoms with E-state index in [9.17, 15) is 13.2 Å². The van der Waals surface area contributed by atoms with Crippen LogP contribution in [0.5, 0.6) is 0 Å². The van der Waals surface area contributed by atoms with Crippen LogP contribution in [-0.4, -0.2) is 37.8 Å². The van der Waals surface area contributed by atoms with Gasteiger partial charge in [-0.25, -0.2) is 17.9 Å². The van der Waals surface area contributed by atoms with Crippen molar-refractivity contribution in [3.63, 3.8) is 0 Å². The molecule has 0 spiro atoms. The van der Waals surface area contributed by atoms with E-state index >= 15 is 0 Å². The fourth-order valence-electron chi connectivity index (χ4n) is 1.40. The van der Waals surface area contributed by atoms with E-state index in [1.165, 1.54) is 6.07 Å². The Kier molecular flexibility index (Phi) is 6.41. The molecule has 0 saturated carbocycles. The van der Waals surface area contributed by atoms with Gasteiger partial charge in [0.2, 0.25) is 10.0 Å². The van der Waals surface area contributed by atoms with Gasteiger partial charge in [-0.2, -0.15) is 0 Å². The normalized spacial score (nSPS) is 11.6. The minimum Gasteiger partial charge on any atom is -0.478 e. The Morgan fingerprint density at radius 3 is 2.55 bits per heavy atom. The molecule has 0 aliphatic rings. The van der Waals surface area contributed by atoms with Gasteiger partial charge in [0.1, 0.15) is 0 Å². The van der Waals surface area contributed by atoms with Crippen molar-refractivity contribution in [2.75, 3.05) is 13.2 Å². The monoisotopic (exact) mass is 385 g/mol. The quantitative estimate of drug-likeness (QED) is 0.621. The van der Waals surface area contributed by atoms with Crippen LogP contribution in [0.1, 0.15) is 23.2 Å². The molecular weight excluding hydrogens is 374 g/mol. The molecule has 0 heterocycles. The van der Waals surface area contributed by atoms with Crippen LogP contribution in [0.2, 0.25) is 5.02 Å². The predicted octanol–water partition coefficient (Wildman–Crippen LogP) is 1.85. The Bertz CT molecular complexity index is 605. The van der Waals surface area contributed by atoms with E-state index in [0.29, 0.717) is 12.8 Å². The second-order valence-corrected chi connectivity index (χ2v) is 6.90. The van der Waals surface area contributed by atoms with Crippen molar-refractivity contribution < 1.29 is 23.4 Å². The van der Waals surface area contributed by atoms with Crippen LogP contribution in [-0.2, 0) is 10.0 Å². The molecular formula is C11H13BrClNO5S. The van der Waals surface area contributed by atoms with Crippen molar-refractivity contribution in [3.05, 3.63) is 27.2 Å². The van der Waals surface area contributed by atoms with Gasteiger partial charge in [-0.05, 0) is 40.9 Å². The first-order chi connectivity index (χ1) is 9.29. The molecule has 1 rings (SSSR count). The molecule has 0 radical (unpaired) electrons. The number of rotatable bonds is 7. The minimum absolute atomic E-state index is 0.0165. The van der Waals surface area contributed by atoms with Crippen molar-refractivity contribution >= 4 is 43.5 Å². The zero-order chi connectivity index (χ0) is 15.3. The number of hydrogen-bond donors (Lipinski definition) is 3. The van der Waals surface area contributed by atoms with Gasteiger partial charge in [0.05, 0.1) is 15.5 Å². The fourth-order valence-corrected chi connectivity index (χ4v) is 3.33. The van der Waals surface area contributed by atoms with Crippen molar-refractivity contribution in [3.8, 4) is 0 Å². The zero-order valence-corrected chi connectivity index (χ0v) is 13.4. The van der Waals surface area contributed by atoms with E-state index in [1.807, 2.05) is 0 Å². The summed E-state index contributed by atoms with van der Waals surface area (Å²) in [5.74, 6) is -1.31. The van der Waals surface area contributed by atoms with Crippen molar-refractivity contribution in [2.45, 2.75) is 17.7 Å². The number of aliphatic hydroxyl groups excluding tert-OH is 1. The number of carboxylic acids is 1. The molecule has 1 aromatic rings. The SMILES string of the molecule is O=C(O)c1cc(S(=O)(=O)NCCCCO)cc(Br)c1Cl. The van der Waals surface area contributed by atoms with Crippen LogP contribution >= 0.6 is 27.5 Å². The third-order valence-corrected chi connectivity index (χ3v) is 5.12. The van der Waals surface area contributed by atoms with Crippen LogP contribution in [0.15, 0.2) is 21.5 Å². The lowest BCUT2D eigenvalue weighted by Gasteiger charge is -2.09. The largest absolute Gasteiger partial charge is 0.478 e. The van der Waals surface area contributed by atoms with E-state index in [4.69, 9.17) is 21.8 Å². The maximum Gasteiger partial charge on any atom is 0.337 e. The molecule has 112 valence electrons. The van der Waals surface area contributed by atoms with E-state index in [0.717, 1.165) is 6.07 Å². The summed E-state index contributed by atoms with van der Waals surface area (Å²) in [5.41, 5.74) is -0.295. The number of benzene rings is 1. The standard InChI is InChI=1S/C11H13BrClNO5S/c12-9-6-7(5-8(10(9)13)11(16)17)20(18,19)14-3-1-2-4-15/h5-6,14-15H,1-4H2,(H,16,17). The summed E-state index contributed by atoms with van der Waals surface area (Å²) in [4.78, 5) is 10.8. The van der Waals surface area contributed by atoms with Gasteiger partial charge in [-0.1, -0.05) is 11.6 Å². The second-order valence-electron chi connectivity index (χ2n) is 3.90. The number of carboxylic acid groups (broad SMARTS) is 1. The first-order valence-corrected chi connectivity index (χ1v) is 8.28. The second kappa shape index (κ2) is 7.37. The number of sulfonamides is 1. The first-order valence-electron chi connectivity index (χ1n) is 5.62. The average Bonchev–Trinajstić information content (AvgIpc) is 2.37. The number of nitrogens with one attached hydrogen (secondary N) is 1. The zero-order valence-electron chi connectivity index (χ0n) is 10.3. The molecule has 6 nitrogen and oxygen atoms in total. The molecule has 0 aliphatic heterocycles. The van der Waals surface area contributed by atoms with Gasteiger partial charge < -0.3 is 10.2 Å². The topological polar surface area (TPSA) is 104 Å². The van der Waals surface area contributed by atoms with Gasteiger partial charge in [0.25, 0.3) is 0 Å². The van der Waals surface area contributed by atoms with Crippen molar-refractivity contribution in [1.82, 2.24) is 4.72 Å². The third kappa shape index (κ3) is 4.42. The molecule has 0 bridgehead atoms. The molecule has 20 heavy (non-hydrogen) atoms. The highest BCUT2D eigenvalue weighted by Crippen LogP contribution is 2.29. The molecule has 0 atom stereocenters. The number of aliphatic hydroxyl groups is 1. The van der Waals surface area contributed by atoms with Gasteiger partial charge in [0.15, 0.2) is 0 Å². The van der Waals surface area contributed by atoms with Crippen LogP contribution in [0, 0.1) is 0 Å². The molecule has 0 aliphatic carbocycles. The highest BCUT2D eigenvalue weighted by Gasteiger charge is 2.20. The summed E-state index contributed by atoms with van der Waals surface area (Å²) < 4.78 is 26.5. The van der Waals surface area contributed by atoms with E-state index in [2.05, 4.69) is 20.7 Å². The van der Waals surface area contributed by atoms with Gasteiger partial charge >= 0.3 is 5.97 Å². The summed E-state index contributed by atoms with van der Waals surface area (Å²) in [5, 5.41) is 17.5. The maximum absolute atomic E-state index is 12.0. The summed E-state index contributed by atoms with van der Waals surface area (Å²) in [6.45, 7) is 0.142. The predicted molar refractivity (Wildman–Crippen MR) is 77.6 cm³/mol. The van der Waals surface area contributed by atoms with E-state index in [1.54, 1.807) is 0 Å². The Hall–Kier alpha value is -0.670. The van der Waals surface area contributed by atoms with Gasteiger partial charge in [-0.3, -0.25) is 0 Å². The van der Waals surface area contributed by atoms with Crippen molar-refractivity contribution in [2.24, 2.45) is 0 Å². The smallest absolute Gasteiger partial charge is 0.337 e. The Morgan fingerprint density at radius 1 is 1.35 bits per heavy atom. The van der Waals surface area contributed by atoms with Gasteiger partial charge in [-0.15, -0.1) is 0 Å². The Labute approximate surface area is 129 Å². The van der Waals surface area contributed by atoms with Crippen LogP contribution in [0.3, 0.4) is 0 Å². The molecule has 0 amide bonds. The summed E-state index contributed by atoms with van der Waals surface area (Å²) in [6.07, 6.45) is 0.962. The highest BCUT2D eigenvalue weighted by molar-refractivity contribution is 9.10. The lowest BCUT2D eigenvalue weighted by molar-refractivity contribution is 0.0696. The summed E-state index contributed by atoms with van der Waals surface area (Å²) >= 11 is 8.82. The van der Waals surface area contributed by atoms with Crippen LogP contribution < -0.4 is 4.72 Å². The maximum atomic E-state index is 12.0. The molecule has 0 fully saturated rings. The summed E-state index contributed by atoms with van der Waals surface area (Å²) in [6, 6.07) is 2.24. The number of halogens is 2. The molecule has 0 unspecified atom stereocenters. The van der Waals surface area contributed by atoms with Crippen molar-refractivity contribution in [1.29, 1.82) is 0 Å².